The van der Waals surface area contributed by atoms with Crippen molar-refractivity contribution in [2.24, 2.45) is 5.92 Å². The zero-order valence-electron chi connectivity index (χ0n) is 11.6. The third-order valence-electron chi connectivity index (χ3n) is 2.95. The summed E-state index contributed by atoms with van der Waals surface area (Å²) in [4.78, 5) is 28.7. The highest BCUT2D eigenvalue weighted by atomic mass is 16.4. The van der Waals surface area contributed by atoms with Crippen LogP contribution < -0.4 is 10.9 Å². The number of carbonyl (C=O) groups is 1. The molecule has 1 aromatic rings. The van der Waals surface area contributed by atoms with Gasteiger partial charge in [-0.25, -0.2) is 4.98 Å². The van der Waals surface area contributed by atoms with Gasteiger partial charge in [-0.2, -0.15) is 0 Å². The van der Waals surface area contributed by atoms with Crippen LogP contribution in [0.25, 0.3) is 0 Å². The summed E-state index contributed by atoms with van der Waals surface area (Å²) < 4.78 is 0. The normalized spacial score (nSPS) is 13.8. The molecule has 6 nitrogen and oxygen atoms in total. The second-order valence-electron chi connectivity index (χ2n) is 4.93. The number of hydrogen-bond acceptors (Lipinski definition) is 4. The second-order valence-corrected chi connectivity index (χ2v) is 4.93. The summed E-state index contributed by atoms with van der Waals surface area (Å²) in [5.41, 5.74) is -0.179. The van der Waals surface area contributed by atoms with Crippen LogP contribution in [-0.4, -0.2) is 27.1 Å². The molecule has 1 heterocycles. The predicted octanol–water partition coefficient (Wildman–Crippen LogP) is 1.77. The van der Waals surface area contributed by atoms with E-state index in [0.717, 1.165) is 12.8 Å². The molecule has 1 rings (SSSR count). The molecule has 3 N–H and O–H groups in total. The molecule has 0 spiro atoms. The van der Waals surface area contributed by atoms with Crippen LogP contribution in [0.5, 0.6) is 0 Å². The highest BCUT2D eigenvalue weighted by molar-refractivity contribution is 5.69. The Morgan fingerprint density at radius 2 is 2.16 bits per heavy atom. The van der Waals surface area contributed by atoms with Crippen molar-refractivity contribution in [3.05, 3.63) is 22.2 Å². The first kappa shape index (κ1) is 15.2. The third kappa shape index (κ3) is 5.54. The van der Waals surface area contributed by atoms with Crippen LogP contribution in [0.3, 0.4) is 0 Å². The van der Waals surface area contributed by atoms with E-state index in [1.54, 1.807) is 13.8 Å². The van der Waals surface area contributed by atoms with Crippen LogP contribution in [0.15, 0.2) is 10.9 Å². The lowest BCUT2D eigenvalue weighted by atomic mass is 10.0. The standard InChI is InChI=1S/C13H21N3O3/c1-8(13(18)19)5-4-6-9(2)14-11-7-12(17)16-10(3)15-11/h7-9H,4-6H2,1-3H3,(H,18,19)(H2,14,15,16,17). The Morgan fingerprint density at radius 3 is 2.74 bits per heavy atom. The molecule has 0 saturated carbocycles. The minimum atomic E-state index is -0.757. The predicted molar refractivity (Wildman–Crippen MR) is 73.3 cm³/mol. The van der Waals surface area contributed by atoms with E-state index in [2.05, 4.69) is 15.3 Å². The number of nitrogens with zero attached hydrogens (tertiary/aromatic N) is 1. The van der Waals surface area contributed by atoms with Gasteiger partial charge in [0, 0.05) is 12.1 Å². The number of nitrogens with one attached hydrogen (secondary N) is 2. The lowest BCUT2D eigenvalue weighted by Gasteiger charge is -2.15. The van der Waals surface area contributed by atoms with E-state index >= 15 is 0 Å². The van der Waals surface area contributed by atoms with Crippen molar-refractivity contribution in [3.63, 3.8) is 0 Å². The molecule has 0 saturated heterocycles. The molecule has 6 heteroatoms. The van der Waals surface area contributed by atoms with E-state index in [-0.39, 0.29) is 17.5 Å². The fraction of sp³-hybridized carbons (Fsp3) is 0.615. The third-order valence-corrected chi connectivity index (χ3v) is 2.95. The number of rotatable bonds is 7. The Kier molecular flexibility index (Phi) is 5.54. The Labute approximate surface area is 112 Å². The number of carboxylic acids is 1. The van der Waals surface area contributed by atoms with Gasteiger partial charge in [0.1, 0.15) is 11.6 Å². The maximum absolute atomic E-state index is 11.3. The number of aliphatic carboxylic acids is 1. The van der Waals surface area contributed by atoms with Gasteiger partial charge in [-0.15, -0.1) is 0 Å². The fourth-order valence-corrected chi connectivity index (χ4v) is 1.83. The largest absolute Gasteiger partial charge is 0.481 e. The van der Waals surface area contributed by atoms with Gasteiger partial charge in [0.25, 0.3) is 5.56 Å². The van der Waals surface area contributed by atoms with Gasteiger partial charge < -0.3 is 15.4 Å². The second kappa shape index (κ2) is 6.92. The van der Waals surface area contributed by atoms with Crippen molar-refractivity contribution >= 4 is 11.8 Å². The monoisotopic (exact) mass is 267 g/mol. The SMILES string of the molecule is Cc1nc(NC(C)CCCC(C)C(=O)O)cc(=O)[nH]1. The van der Waals surface area contributed by atoms with Gasteiger partial charge in [-0.1, -0.05) is 13.3 Å². The molecule has 0 aliphatic rings. The molecule has 0 aliphatic heterocycles. The molecular weight excluding hydrogens is 246 g/mol. The maximum Gasteiger partial charge on any atom is 0.306 e. The Hall–Kier alpha value is -1.85. The van der Waals surface area contributed by atoms with Gasteiger partial charge in [0.15, 0.2) is 0 Å². The van der Waals surface area contributed by atoms with Crippen LogP contribution >= 0.6 is 0 Å². The van der Waals surface area contributed by atoms with E-state index < -0.39 is 5.97 Å². The number of hydrogen-bond donors (Lipinski definition) is 3. The molecule has 0 amide bonds. The minimum Gasteiger partial charge on any atom is -0.481 e. The lowest BCUT2D eigenvalue weighted by Crippen LogP contribution is -2.19. The first-order valence-corrected chi connectivity index (χ1v) is 6.45. The minimum absolute atomic E-state index is 0.148. The molecule has 1 aromatic heterocycles. The summed E-state index contributed by atoms with van der Waals surface area (Å²) >= 11 is 0. The molecule has 0 radical (unpaired) electrons. The molecule has 2 atom stereocenters. The summed E-state index contributed by atoms with van der Waals surface area (Å²) in [6.45, 7) is 5.43. The van der Waals surface area contributed by atoms with Crippen LogP contribution in [0, 0.1) is 12.8 Å². The van der Waals surface area contributed by atoms with Crippen molar-refractivity contribution < 1.29 is 9.90 Å². The van der Waals surface area contributed by atoms with Crippen molar-refractivity contribution in [1.29, 1.82) is 0 Å². The highest BCUT2D eigenvalue weighted by Crippen LogP contribution is 2.12. The number of aryl methyl sites for hydroxylation is 1. The van der Waals surface area contributed by atoms with E-state index in [1.165, 1.54) is 6.07 Å². The van der Waals surface area contributed by atoms with E-state index in [9.17, 15) is 9.59 Å². The first-order valence-electron chi connectivity index (χ1n) is 6.45. The number of carboxylic acid groups (broad SMARTS) is 1. The summed E-state index contributed by atoms with van der Waals surface area (Å²) in [5, 5.41) is 11.9. The molecule has 0 aromatic carbocycles. The van der Waals surface area contributed by atoms with Crippen molar-refractivity contribution in [1.82, 2.24) is 9.97 Å². The van der Waals surface area contributed by atoms with Gasteiger partial charge in [-0.05, 0) is 26.7 Å². The van der Waals surface area contributed by atoms with E-state index in [4.69, 9.17) is 5.11 Å². The average molecular weight is 267 g/mol. The van der Waals surface area contributed by atoms with Crippen molar-refractivity contribution in [2.75, 3.05) is 5.32 Å². The topological polar surface area (TPSA) is 95.1 Å². The van der Waals surface area contributed by atoms with E-state index in [0.29, 0.717) is 18.1 Å². The van der Waals surface area contributed by atoms with Crippen LogP contribution in [-0.2, 0) is 4.79 Å². The van der Waals surface area contributed by atoms with Gasteiger partial charge in [-0.3, -0.25) is 9.59 Å². The Morgan fingerprint density at radius 1 is 1.47 bits per heavy atom. The molecular formula is C13H21N3O3. The van der Waals surface area contributed by atoms with Crippen LogP contribution in [0.1, 0.15) is 38.9 Å². The number of anilines is 1. The molecule has 2 unspecified atom stereocenters. The first-order chi connectivity index (χ1) is 8.88. The summed E-state index contributed by atoms with van der Waals surface area (Å²) in [6.07, 6.45) is 2.32. The van der Waals surface area contributed by atoms with Crippen LogP contribution in [0.2, 0.25) is 0 Å². The van der Waals surface area contributed by atoms with Crippen molar-refractivity contribution in [3.8, 4) is 0 Å². The zero-order chi connectivity index (χ0) is 14.4. The molecule has 0 aliphatic carbocycles. The molecule has 106 valence electrons. The Balaban J connectivity index is 2.40. The molecule has 0 fully saturated rings. The van der Waals surface area contributed by atoms with Crippen molar-refractivity contribution in [2.45, 2.75) is 46.1 Å². The van der Waals surface area contributed by atoms with E-state index in [1.807, 2.05) is 6.92 Å². The summed E-state index contributed by atoms with van der Waals surface area (Å²) in [7, 11) is 0. The maximum atomic E-state index is 11.3. The highest BCUT2D eigenvalue weighted by Gasteiger charge is 2.11. The van der Waals surface area contributed by atoms with Gasteiger partial charge >= 0.3 is 5.97 Å². The number of H-pyrrole nitrogens is 1. The number of aromatic amines is 1. The summed E-state index contributed by atoms with van der Waals surface area (Å²) in [5.74, 6) is 0.0568. The average Bonchev–Trinajstić information content (AvgIpc) is 2.26. The van der Waals surface area contributed by atoms with Gasteiger partial charge in [0.2, 0.25) is 0 Å². The smallest absolute Gasteiger partial charge is 0.306 e. The molecule has 19 heavy (non-hydrogen) atoms. The Bertz CT molecular complexity index is 484. The summed E-state index contributed by atoms with van der Waals surface area (Å²) in [6, 6.07) is 1.57. The molecule has 0 bridgehead atoms. The van der Waals surface area contributed by atoms with Gasteiger partial charge in [0.05, 0.1) is 5.92 Å². The fourth-order valence-electron chi connectivity index (χ4n) is 1.83. The quantitative estimate of drug-likeness (QED) is 0.699. The zero-order valence-corrected chi connectivity index (χ0v) is 11.6. The number of aromatic nitrogens is 2. The van der Waals surface area contributed by atoms with Crippen LogP contribution in [0.4, 0.5) is 5.82 Å². The lowest BCUT2D eigenvalue weighted by molar-refractivity contribution is -0.141.